The molecule has 0 spiro atoms. The number of fused-ring (bicyclic) bond motifs is 1. The lowest BCUT2D eigenvalue weighted by Crippen LogP contribution is -2.37. The average molecular weight is 460 g/mol. The van der Waals surface area contributed by atoms with Gasteiger partial charge in [0.25, 0.3) is 5.56 Å². The lowest BCUT2D eigenvalue weighted by Gasteiger charge is -2.10. The highest BCUT2D eigenvalue weighted by molar-refractivity contribution is 6.06. The van der Waals surface area contributed by atoms with E-state index in [9.17, 15) is 14.4 Å². The van der Waals surface area contributed by atoms with E-state index in [1.165, 1.54) is 29.4 Å². The summed E-state index contributed by atoms with van der Waals surface area (Å²) in [5, 5.41) is 0. The van der Waals surface area contributed by atoms with E-state index in [0.29, 0.717) is 17.1 Å². The van der Waals surface area contributed by atoms with Gasteiger partial charge in [-0.25, -0.2) is 4.79 Å². The molecule has 0 bridgehead atoms. The number of allylic oxidation sites excluding steroid dienone is 1. The quantitative estimate of drug-likeness (QED) is 0.324. The Bertz CT molecular complexity index is 1560. The van der Waals surface area contributed by atoms with Crippen molar-refractivity contribution in [3.05, 3.63) is 86.1 Å². The van der Waals surface area contributed by atoms with Gasteiger partial charge < -0.3 is 9.47 Å². The number of carbonyl (C=O) groups is 1. The Morgan fingerprint density at radius 1 is 0.941 bits per heavy atom. The highest BCUT2D eigenvalue weighted by atomic mass is 16.5. The smallest absolute Gasteiger partial charge is 0.332 e. The van der Waals surface area contributed by atoms with Crippen molar-refractivity contribution in [2.45, 2.75) is 6.92 Å². The predicted octanol–water partition coefficient (Wildman–Crippen LogP) is 2.98. The minimum atomic E-state index is -0.476. The van der Waals surface area contributed by atoms with Crippen molar-refractivity contribution in [3.63, 3.8) is 0 Å². The third kappa shape index (κ3) is 4.03. The van der Waals surface area contributed by atoms with E-state index in [-0.39, 0.29) is 23.0 Å². The number of benzene rings is 2. The van der Waals surface area contributed by atoms with Crippen LogP contribution in [0.5, 0.6) is 17.5 Å². The second-order valence-corrected chi connectivity index (χ2v) is 7.91. The molecule has 9 nitrogen and oxygen atoms in total. The Kier molecular flexibility index (Phi) is 5.93. The number of ketones is 1. The first-order chi connectivity index (χ1) is 16.2. The molecule has 0 atom stereocenters. The van der Waals surface area contributed by atoms with Crippen molar-refractivity contribution >= 4 is 23.0 Å². The summed E-state index contributed by atoms with van der Waals surface area (Å²) in [6.45, 7) is 1.97. The average Bonchev–Trinajstić information content (AvgIpc) is 3.16. The largest absolute Gasteiger partial charge is 0.493 e. The summed E-state index contributed by atoms with van der Waals surface area (Å²) in [5.74, 6) is 0.676. The lowest BCUT2D eigenvalue weighted by atomic mass is 10.1. The van der Waals surface area contributed by atoms with Gasteiger partial charge in [0.1, 0.15) is 0 Å². The molecule has 2 aromatic heterocycles. The molecule has 0 unspecified atom stereocenters. The van der Waals surface area contributed by atoms with Gasteiger partial charge in [0.15, 0.2) is 28.4 Å². The molecule has 0 radical (unpaired) electrons. The van der Waals surface area contributed by atoms with Crippen LogP contribution in [0.2, 0.25) is 0 Å². The molecule has 4 aromatic rings. The molecule has 4 rings (SSSR count). The molecule has 9 heteroatoms. The molecule has 0 amide bonds. The van der Waals surface area contributed by atoms with Crippen LogP contribution in [0.15, 0.2) is 58.1 Å². The fourth-order valence-electron chi connectivity index (χ4n) is 3.55. The predicted molar refractivity (Wildman–Crippen MR) is 129 cm³/mol. The number of hydrogen-bond acceptors (Lipinski definition) is 6. The van der Waals surface area contributed by atoms with Gasteiger partial charge in [-0.3, -0.25) is 23.3 Å². The maximum Gasteiger partial charge on any atom is 0.332 e. The van der Waals surface area contributed by atoms with Crippen molar-refractivity contribution in [3.8, 4) is 17.5 Å². The Balaban J connectivity index is 1.64. The number of rotatable bonds is 6. The first kappa shape index (κ1) is 22.8. The molecule has 174 valence electrons. The van der Waals surface area contributed by atoms with E-state index in [1.807, 2.05) is 19.1 Å². The second-order valence-electron chi connectivity index (χ2n) is 7.91. The number of hydrogen-bond donors (Lipinski definition) is 0. The number of aryl methyl sites for hydroxylation is 3. The molecular formula is C25H24N4O5. The summed E-state index contributed by atoms with van der Waals surface area (Å²) >= 11 is 0. The Morgan fingerprint density at radius 3 is 2.32 bits per heavy atom. The van der Waals surface area contributed by atoms with Crippen LogP contribution in [0.1, 0.15) is 21.5 Å². The molecule has 0 saturated heterocycles. The van der Waals surface area contributed by atoms with Gasteiger partial charge in [-0.1, -0.05) is 42.0 Å². The number of carbonyl (C=O) groups excluding carboxylic acids is 1. The molecule has 2 heterocycles. The van der Waals surface area contributed by atoms with Gasteiger partial charge in [0, 0.05) is 26.7 Å². The fraction of sp³-hybridized carbons (Fsp3) is 0.200. The van der Waals surface area contributed by atoms with E-state index in [1.54, 1.807) is 50.5 Å². The normalized spacial score (nSPS) is 11.3. The van der Waals surface area contributed by atoms with Crippen LogP contribution >= 0.6 is 0 Å². The van der Waals surface area contributed by atoms with Gasteiger partial charge in [-0.15, -0.1) is 0 Å². The van der Waals surface area contributed by atoms with Crippen molar-refractivity contribution in [2.24, 2.45) is 21.1 Å². The molecule has 0 aliphatic rings. The minimum Gasteiger partial charge on any atom is -0.493 e. The third-order valence-corrected chi connectivity index (χ3v) is 5.59. The Labute approximate surface area is 195 Å². The van der Waals surface area contributed by atoms with Gasteiger partial charge in [0.05, 0.1) is 7.11 Å². The molecule has 2 aromatic carbocycles. The lowest BCUT2D eigenvalue weighted by molar-refractivity contribution is 0.104. The van der Waals surface area contributed by atoms with Crippen molar-refractivity contribution in [1.82, 2.24) is 18.7 Å². The van der Waals surface area contributed by atoms with Crippen molar-refractivity contribution in [1.29, 1.82) is 0 Å². The summed E-state index contributed by atoms with van der Waals surface area (Å²) in [4.78, 5) is 41.6. The van der Waals surface area contributed by atoms with Crippen LogP contribution in [0, 0.1) is 6.92 Å². The molecule has 0 aliphatic heterocycles. The maximum absolute atomic E-state index is 12.6. The first-order valence-electron chi connectivity index (χ1n) is 10.5. The Hall–Kier alpha value is -4.40. The SMILES string of the molecule is COc1cc(/C=C/C(=O)c2ccc(C)cc2)ccc1Oc1nc2c(c(=O)n(C)c(=O)n2C)n1C. The summed E-state index contributed by atoms with van der Waals surface area (Å²) in [6, 6.07) is 12.7. The van der Waals surface area contributed by atoms with Gasteiger partial charge >= 0.3 is 11.7 Å². The number of imidazole rings is 1. The van der Waals surface area contributed by atoms with Gasteiger partial charge in [0.2, 0.25) is 0 Å². The zero-order valence-corrected chi connectivity index (χ0v) is 19.5. The van der Waals surface area contributed by atoms with Crippen LogP contribution < -0.4 is 20.7 Å². The standard InChI is InChI=1S/C25H24N4O5/c1-15-6-10-17(11-7-15)18(30)12-8-16-9-13-19(20(14-16)33-5)34-24-26-22-21(27(24)2)23(31)29(4)25(32)28(22)3/h6-14H,1-5H3/b12-8+. The van der Waals surface area contributed by atoms with E-state index in [2.05, 4.69) is 4.98 Å². The molecule has 0 N–H and O–H groups in total. The number of methoxy groups -OCH3 is 1. The van der Waals surface area contributed by atoms with E-state index in [0.717, 1.165) is 15.7 Å². The number of nitrogens with zero attached hydrogens (tertiary/aromatic N) is 4. The van der Waals surface area contributed by atoms with Crippen LogP contribution in [0.3, 0.4) is 0 Å². The summed E-state index contributed by atoms with van der Waals surface area (Å²) in [7, 11) is 6.09. The van der Waals surface area contributed by atoms with E-state index in [4.69, 9.17) is 9.47 Å². The van der Waals surface area contributed by atoms with Crippen molar-refractivity contribution in [2.75, 3.05) is 7.11 Å². The van der Waals surface area contributed by atoms with E-state index >= 15 is 0 Å². The van der Waals surface area contributed by atoms with Crippen molar-refractivity contribution < 1.29 is 14.3 Å². The molecule has 0 saturated carbocycles. The van der Waals surface area contributed by atoms with Crippen LogP contribution in [-0.4, -0.2) is 31.6 Å². The monoisotopic (exact) mass is 460 g/mol. The zero-order valence-electron chi connectivity index (χ0n) is 19.5. The fourth-order valence-corrected chi connectivity index (χ4v) is 3.55. The molecule has 0 fully saturated rings. The Morgan fingerprint density at radius 2 is 1.65 bits per heavy atom. The number of aromatic nitrogens is 4. The molecule has 0 aliphatic carbocycles. The number of ether oxygens (including phenoxy) is 2. The van der Waals surface area contributed by atoms with Crippen LogP contribution in [0.25, 0.3) is 17.2 Å². The third-order valence-electron chi connectivity index (χ3n) is 5.59. The zero-order chi connectivity index (χ0) is 24.6. The first-order valence-corrected chi connectivity index (χ1v) is 10.5. The molecule has 34 heavy (non-hydrogen) atoms. The van der Waals surface area contributed by atoms with Crippen LogP contribution in [-0.2, 0) is 21.1 Å². The second kappa shape index (κ2) is 8.86. The topological polar surface area (TPSA) is 97.4 Å². The maximum atomic E-state index is 12.6. The summed E-state index contributed by atoms with van der Waals surface area (Å²) in [5.41, 5.74) is 1.96. The van der Waals surface area contributed by atoms with E-state index < -0.39 is 11.2 Å². The van der Waals surface area contributed by atoms with Crippen LogP contribution in [0.4, 0.5) is 0 Å². The minimum absolute atomic E-state index is 0.105. The highest BCUT2D eigenvalue weighted by Crippen LogP contribution is 2.33. The van der Waals surface area contributed by atoms with Gasteiger partial charge in [-0.05, 0) is 30.7 Å². The summed E-state index contributed by atoms with van der Waals surface area (Å²) < 4.78 is 15.2. The highest BCUT2D eigenvalue weighted by Gasteiger charge is 2.19. The van der Waals surface area contributed by atoms with Gasteiger partial charge in [-0.2, -0.15) is 4.98 Å². The molecular weight excluding hydrogens is 436 g/mol. The summed E-state index contributed by atoms with van der Waals surface area (Å²) in [6.07, 6.45) is 3.20.